The molecule has 0 spiro atoms. The van der Waals surface area contributed by atoms with Crippen LogP contribution in [0.25, 0.3) is 21.5 Å². The Bertz CT molecular complexity index is 1020. The summed E-state index contributed by atoms with van der Waals surface area (Å²) in [4.78, 5) is 0. The van der Waals surface area contributed by atoms with E-state index in [1.807, 2.05) is 47.8 Å². The number of fused-ring (bicyclic) bond motifs is 1. The van der Waals surface area contributed by atoms with Gasteiger partial charge in [-0.25, -0.2) is 0 Å². The minimum atomic E-state index is 0.659. The largest absolute Gasteiger partial charge is 0.497 e. The molecule has 0 atom stereocenters. The van der Waals surface area contributed by atoms with Gasteiger partial charge >= 0.3 is 0 Å². The quantitative estimate of drug-likeness (QED) is 0.399. The van der Waals surface area contributed by atoms with Crippen molar-refractivity contribution < 1.29 is 14.0 Å². The maximum Gasteiger partial charge on any atom is 0.178 e. The van der Waals surface area contributed by atoms with Crippen LogP contribution in [0.2, 0.25) is 0 Å². The van der Waals surface area contributed by atoms with E-state index in [2.05, 4.69) is 22.6 Å². The van der Waals surface area contributed by atoms with Crippen LogP contribution in [-0.2, 0) is 6.54 Å². The average molecular weight is 394 g/mol. The number of hydrogen-bond acceptors (Lipinski definition) is 6. The summed E-state index contributed by atoms with van der Waals surface area (Å²) < 4.78 is 17.5. The van der Waals surface area contributed by atoms with Crippen LogP contribution in [0.15, 0.2) is 64.5 Å². The average Bonchev–Trinajstić information content (AvgIpc) is 3.35. The van der Waals surface area contributed by atoms with Crippen molar-refractivity contribution in [1.29, 1.82) is 0 Å². The van der Waals surface area contributed by atoms with Gasteiger partial charge in [-0.05, 0) is 54.2 Å². The van der Waals surface area contributed by atoms with Gasteiger partial charge in [-0.15, -0.1) is 11.3 Å². The highest BCUT2D eigenvalue weighted by Crippen LogP contribution is 2.33. The zero-order valence-electron chi connectivity index (χ0n) is 15.7. The third-order valence-electron chi connectivity index (χ3n) is 4.44. The number of rotatable bonds is 9. The van der Waals surface area contributed by atoms with E-state index in [1.165, 1.54) is 5.56 Å². The summed E-state index contributed by atoms with van der Waals surface area (Å²) in [5.41, 5.74) is 3.95. The molecule has 4 aromatic rings. The maximum atomic E-state index is 5.91. The van der Waals surface area contributed by atoms with Gasteiger partial charge in [0.25, 0.3) is 0 Å². The zero-order chi connectivity index (χ0) is 19.2. The topological polar surface area (TPSA) is 56.5 Å². The summed E-state index contributed by atoms with van der Waals surface area (Å²) in [6.07, 6.45) is 0.930. The zero-order valence-corrected chi connectivity index (χ0v) is 16.5. The highest BCUT2D eigenvalue weighted by atomic mass is 32.1. The lowest BCUT2D eigenvalue weighted by Gasteiger charge is -2.09. The Hall–Kier alpha value is -2.83. The molecule has 0 unspecified atom stereocenters. The molecule has 0 fully saturated rings. The molecule has 0 radical (unpaired) electrons. The van der Waals surface area contributed by atoms with Crippen molar-refractivity contribution in [2.75, 3.05) is 20.3 Å². The molecule has 0 saturated heterocycles. The summed E-state index contributed by atoms with van der Waals surface area (Å²) in [5, 5.41) is 9.64. The molecule has 1 N–H and O–H groups in total. The van der Waals surface area contributed by atoms with Crippen LogP contribution < -0.4 is 14.8 Å². The standard InChI is InChI=1S/C22H22N2O3S/c1-25-18-8-6-16(7-9-18)15-23-11-3-12-26-19-5-2-4-17(14-19)21-22-20(27-24-21)10-13-28-22/h2,4-10,13-14,23H,3,11-12,15H2,1H3. The SMILES string of the molecule is COc1ccc(CNCCCOc2cccc(-c3noc4ccsc34)c2)cc1. The predicted molar refractivity (Wildman–Crippen MR) is 112 cm³/mol. The van der Waals surface area contributed by atoms with E-state index in [4.69, 9.17) is 14.0 Å². The number of hydrogen-bond donors (Lipinski definition) is 1. The van der Waals surface area contributed by atoms with Gasteiger partial charge < -0.3 is 19.3 Å². The molecule has 28 heavy (non-hydrogen) atoms. The number of nitrogens with one attached hydrogen (secondary N) is 1. The van der Waals surface area contributed by atoms with Gasteiger partial charge in [0.05, 0.1) is 13.7 Å². The van der Waals surface area contributed by atoms with Crippen LogP contribution in [0.5, 0.6) is 11.5 Å². The van der Waals surface area contributed by atoms with E-state index in [0.29, 0.717) is 6.61 Å². The second kappa shape index (κ2) is 8.91. The first-order valence-corrected chi connectivity index (χ1v) is 10.1. The fourth-order valence-electron chi connectivity index (χ4n) is 2.96. The molecule has 0 aliphatic carbocycles. The van der Waals surface area contributed by atoms with Crippen LogP contribution in [0.1, 0.15) is 12.0 Å². The van der Waals surface area contributed by atoms with E-state index < -0.39 is 0 Å². The summed E-state index contributed by atoms with van der Waals surface area (Å²) in [6, 6.07) is 18.0. The van der Waals surface area contributed by atoms with Crippen molar-refractivity contribution in [2.24, 2.45) is 0 Å². The second-order valence-electron chi connectivity index (χ2n) is 6.40. The molecule has 0 aliphatic rings. The van der Waals surface area contributed by atoms with Crippen molar-refractivity contribution in [3.05, 3.63) is 65.5 Å². The van der Waals surface area contributed by atoms with Crippen molar-refractivity contribution in [3.8, 4) is 22.8 Å². The number of nitrogens with zero attached hydrogens (tertiary/aromatic N) is 1. The summed E-state index contributed by atoms with van der Waals surface area (Å²) in [5.74, 6) is 1.73. The van der Waals surface area contributed by atoms with E-state index in [0.717, 1.165) is 52.5 Å². The van der Waals surface area contributed by atoms with Crippen molar-refractivity contribution in [3.63, 3.8) is 0 Å². The summed E-state index contributed by atoms with van der Waals surface area (Å²) in [7, 11) is 1.68. The number of methoxy groups -OCH3 is 1. The highest BCUT2D eigenvalue weighted by Gasteiger charge is 2.12. The fourth-order valence-corrected chi connectivity index (χ4v) is 3.77. The lowest BCUT2D eigenvalue weighted by Crippen LogP contribution is -2.17. The molecule has 2 aromatic carbocycles. The van der Waals surface area contributed by atoms with Gasteiger partial charge in [0.1, 0.15) is 21.9 Å². The molecule has 0 aliphatic heterocycles. The van der Waals surface area contributed by atoms with Gasteiger partial charge in [-0.2, -0.15) is 0 Å². The molecule has 0 amide bonds. The molecule has 144 valence electrons. The molecular weight excluding hydrogens is 372 g/mol. The minimum absolute atomic E-state index is 0.659. The first-order valence-electron chi connectivity index (χ1n) is 9.23. The Labute approximate surface area is 167 Å². The molecular formula is C22H22N2O3S. The van der Waals surface area contributed by atoms with Crippen LogP contribution >= 0.6 is 11.3 Å². The molecule has 6 heteroatoms. The molecule has 2 aromatic heterocycles. The molecule has 0 saturated carbocycles. The summed E-state index contributed by atoms with van der Waals surface area (Å²) >= 11 is 1.64. The number of thiophene rings is 1. The lowest BCUT2D eigenvalue weighted by molar-refractivity contribution is 0.308. The highest BCUT2D eigenvalue weighted by molar-refractivity contribution is 7.17. The monoisotopic (exact) mass is 394 g/mol. The Balaban J connectivity index is 1.23. The Morgan fingerprint density at radius 2 is 1.96 bits per heavy atom. The van der Waals surface area contributed by atoms with Gasteiger partial charge in [0.2, 0.25) is 0 Å². The number of aromatic nitrogens is 1. The third-order valence-corrected chi connectivity index (χ3v) is 5.34. The maximum absolute atomic E-state index is 5.91. The molecule has 4 rings (SSSR count). The van der Waals surface area contributed by atoms with Gasteiger partial charge in [-0.1, -0.05) is 29.4 Å². The molecule has 5 nitrogen and oxygen atoms in total. The van der Waals surface area contributed by atoms with Crippen molar-refractivity contribution >= 4 is 21.6 Å². The Morgan fingerprint density at radius 3 is 2.82 bits per heavy atom. The minimum Gasteiger partial charge on any atom is -0.497 e. The summed E-state index contributed by atoms with van der Waals surface area (Å²) in [6.45, 7) is 2.39. The fraction of sp³-hybridized carbons (Fsp3) is 0.227. The first-order chi connectivity index (χ1) is 13.8. The van der Waals surface area contributed by atoms with Crippen LogP contribution in [0.4, 0.5) is 0 Å². The Kier molecular flexibility index (Phi) is 5.89. The third kappa shape index (κ3) is 4.35. The number of benzene rings is 2. The second-order valence-corrected chi connectivity index (χ2v) is 7.32. The molecule has 0 bridgehead atoms. The predicted octanol–water partition coefficient (Wildman–Crippen LogP) is 5.12. The smallest absolute Gasteiger partial charge is 0.178 e. The van der Waals surface area contributed by atoms with E-state index in [9.17, 15) is 0 Å². The normalized spacial score (nSPS) is 11.0. The van der Waals surface area contributed by atoms with Gasteiger partial charge in [0.15, 0.2) is 5.58 Å². The van der Waals surface area contributed by atoms with Crippen LogP contribution in [-0.4, -0.2) is 25.4 Å². The van der Waals surface area contributed by atoms with Crippen LogP contribution in [0.3, 0.4) is 0 Å². The number of ether oxygens (including phenoxy) is 2. The van der Waals surface area contributed by atoms with E-state index >= 15 is 0 Å². The Morgan fingerprint density at radius 1 is 1.07 bits per heavy atom. The van der Waals surface area contributed by atoms with E-state index in [-0.39, 0.29) is 0 Å². The van der Waals surface area contributed by atoms with Crippen molar-refractivity contribution in [1.82, 2.24) is 10.5 Å². The van der Waals surface area contributed by atoms with Gasteiger partial charge in [-0.3, -0.25) is 0 Å². The van der Waals surface area contributed by atoms with Crippen LogP contribution in [0, 0.1) is 0 Å². The lowest BCUT2D eigenvalue weighted by atomic mass is 10.1. The van der Waals surface area contributed by atoms with E-state index in [1.54, 1.807) is 18.4 Å². The molecule has 2 heterocycles. The first kappa shape index (κ1) is 18.5. The van der Waals surface area contributed by atoms with Gasteiger partial charge in [0, 0.05) is 12.1 Å². The van der Waals surface area contributed by atoms with Crippen molar-refractivity contribution in [2.45, 2.75) is 13.0 Å².